The number of halogens is 1. The molecule has 2 heterocycles. The van der Waals surface area contributed by atoms with E-state index < -0.39 is 0 Å². The molecule has 0 bridgehead atoms. The zero-order chi connectivity index (χ0) is 17.1. The molecule has 0 saturated carbocycles. The van der Waals surface area contributed by atoms with Crippen LogP contribution in [0.2, 0.25) is 0 Å². The van der Waals surface area contributed by atoms with Crippen LogP contribution in [-0.4, -0.2) is 28.7 Å². The summed E-state index contributed by atoms with van der Waals surface area (Å²) in [6.45, 7) is 2.03. The van der Waals surface area contributed by atoms with E-state index in [0.717, 1.165) is 35.3 Å². The van der Waals surface area contributed by atoms with Crippen LogP contribution in [0, 0.1) is 0 Å². The number of fused-ring (bicyclic) bond motifs is 2. The Morgan fingerprint density at radius 2 is 2.04 bits per heavy atom. The van der Waals surface area contributed by atoms with Gasteiger partial charge in [0.25, 0.3) is 0 Å². The smallest absolute Gasteiger partial charge is 0.189 e. The highest BCUT2D eigenvalue weighted by molar-refractivity contribution is 14.0. The Bertz CT molecular complexity index is 908. The molecular weight excluding hydrogens is 441 g/mol. The van der Waals surface area contributed by atoms with Crippen molar-refractivity contribution in [1.29, 1.82) is 0 Å². The van der Waals surface area contributed by atoms with Gasteiger partial charge in [-0.25, -0.2) is 4.98 Å². The quantitative estimate of drug-likeness (QED) is 0.354. The first-order chi connectivity index (χ1) is 12.3. The molecule has 136 valence electrons. The number of aliphatic imine (C=N–C) groups is 1. The van der Waals surface area contributed by atoms with Gasteiger partial charge < -0.3 is 20.4 Å². The highest BCUT2D eigenvalue weighted by Crippen LogP contribution is 2.31. The second-order valence-electron chi connectivity index (χ2n) is 6.07. The molecule has 6 nitrogen and oxygen atoms in total. The van der Waals surface area contributed by atoms with Crippen LogP contribution < -0.4 is 15.8 Å². The number of nitrogens with one attached hydrogen (secondary N) is 1. The number of aromatic nitrogens is 2. The summed E-state index contributed by atoms with van der Waals surface area (Å²) in [6, 6.07) is 16.3. The number of benzene rings is 2. The first-order valence-corrected chi connectivity index (χ1v) is 8.49. The maximum atomic E-state index is 6.09. The minimum Gasteiger partial charge on any atom is -0.493 e. The Morgan fingerprint density at radius 1 is 1.23 bits per heavy atom. The molecule has 2 aromatic carbocycles. The van der Waals surface area contributed by atoms with Gasteiger partial charge in [-0.1, -0.05) is 30.3 Å². The van der Waals surface area contributed by atoms with Gasteiger partial charge in [0.1, 0.15) is 5.75 Å². The van der Waals surface area contributed by atoms with Gasteiger partial charge in [-0.15, -0.1) is 24.0 Å². The Labute approximate surface area is 169 Å². The SMILES string of the molecule is I.NC(=NCCn1cnc2ccccc21)NC1CCOc2ccccc21. The number of guanidine groups is 1. The van der Waals surface area contributed by atoms with Crippen molar-refractivity contribution in [3.63, 3.8) is 0 Å². The minimum absolute atomic E-state index is 0. The summed E-state index contributed by atoms with van der Waals surface area (Å²) in [4.78, 5) is 8.86. The highest BCUT2D eigenvalue weighted by atomic mass is 127. The number of nitrogens with two attached hydrogens (primary N) is 1. The van der Waals surface area contributed by atoms with Gasteiger partial charge >= 0.3 is 0 Å². The fourth-order valence-corrected chi connectivity index (χ4v) is 3.18. The first-order valence-electron chi connectivity index (χ1n) is 8.49. The summed E-state index contributed by atoms with van der Waals surface area (Å²) in [7, 11) is 0. The maximum absolute atomic E-state index is 6.09. The van der Waals surface area contributed by atoms with Gasteiger partial charge in [0.15, 0.2) is 5.96 Å². The number of hydrogen-bond donors (Lipinski definition) is 2. The van der Waals surface area contributed by atoms with Gasteiger partial charge in [-0.3, -0.25) is 4.99 Å². The molecule has 4 rings (SSSR count). The lowest BCUT2D eigenvalue weighted by Gasteiger charge is -2.26. The third-order valence-electron chi connectivity index (χ3n) is 4.43. The molecule has 3 aromatic rings. The molecule has 1 aliphatic heterocycles. The van der Waals surface area contributed by atoms with Crippen molar-refractivity contribution in [2.75, 3.05) is 13.2 Å². The largest absolute Gasteiger partial charge is 0.493 e. The van der Waals surface area contributed by atoms with E-state index in [1.165, 1.54) is 0 Å². The average Bonchev–Trinajstić information content (AvgIpc) is 3.05. The second-order valence-corrected chi connectivity index (χ2v) is 6.07. The average molecular weight is 463 g/mol. The van der Waals surface area contributed by atoms with Gasteiger partial charge in [-0.05, 0) is 18.2 Å². The molecule has 0 saturated heterocycles. The van der Waals surface area contributed by atoms with Crippen molar-refractivity contribution in [3.05, 3.63) is 60.4 Å². The minimum atomic E-state index is 0. The van der Waals surface area contributed by atoms with Gasteiger partial charge in [0, 0.05) is 18.5 Å². The fourth-order valence-electron chi connectivity index (χ4n) is 3.18. The van der Waals surface area contributed by atoms with E-state index in [1.54, 1.807) is 0 Å². The molecule has 0 spiro atoms. The lowest BCUT2D eigenvalue weighted by atomic mass is 10.0. The monoisotopic (exact) mass is 463 g/mol. The third-order valence-corrected chi connectivity index (χ3v) is 4.43. The molecule has 7 heteroatoms. The Kier molecular flexibility index (Phi) is 5.97. The van der Waals surface area contributed by atoms with Crippen molar-refractivity contribution in [2.45, 2.75) is 19.0 Å². The second kappa shape index (κ2) is 8.39. The lowest BCUT2D eigenvalue weighted by Crippen LogP contribution is -2.37. The molecule has 0 amide bonds. The maximum Gasteiger partial charge on any atom is 0.189 e. The molecule has 0 fully saturated rings. The number of hydrogen-bond acceptors (Lipinski definition) is 3. The number of rotatable bonds is 4. The van der Waals surface area contributed by atoms with E-state index in [1.807, 2.05) is 42.7 Å². The number of nitrogens with zero attached hydrogens (tertiary/aromatic N) is 3. The Hall–Kier alpha value is -2.29. The lowest BCUT2D eigenvalue weighted by molar-refractivity contribution is 0.262. The van der Waals surface area contributed by atoms with Crippen LogP contribution >= 0.6 is 24.0 Å². The van der Waals surface area contributed by atoms with Crippen LogP contribution in [0.4, 0.5) is 0 Å². The van der Waals surface area contributed by atoms with Crippen LogP contribution in [0.3, 0.4) is 0 Å². The first kappa shape index (κ1) is 18.5. The van der Waals surface area contributed by atoms with Crippen molar-refractivity contribution in [1.82, 2.24) is 14.9 Å². The van der Waals surface area contributed by atoms with Crippen LogP contribution in [0.25, 0.3) is 11.0 Å². The highest BCUT2D eigenvalue weighted by Gasteiger charge is 2.21. The van der Waals surface area contributed by atoms with E-state index in [-0.39, 0.29) is 30.0 Å². The summed E-state index contributed by atoms with van der Waals surface area (Å²) in [5, 5.41) is 3.32. The molecule has 3 N–H and O–H groups in total. The molecule has 0 radical (unpaired) electrons. The molecule has 1 atom stereocenters. The number of para-hydroxylation sites is 3. The Morgan fingerprint density at radius 3 is 2.96 bits per heavy atom. The fraction of sp³-hybridized carbons (Fsp3) is 0.263. The topological polar surface area (TPSA) is 77.5 Å². The van der Waals surface area contributed by atoms with Gasteiger partial charge in [-0.2, -0.15) is 0 Å². The Balaban J connectivity index is 0.00000196. The zero-order valence-corrected chi connectivity index (χ0v) is 16.7. The van der Waals surface area contributed by atoms with Gasteiger partial charge in [0.05, 0.1) is 36.6 Å². The normalized spacial score (nSPS) is 16.5. The van der Waals surface area contributed by atoms with Crippen molar-refractivity contribution >= 4 is 41.0 Å². The van der Waals surface area contributed by atoms with E-state index in [2.05, 4.69) is 32.0 Å². The molecule has 0 aliphatic carbocycles. The predicted octanol–water partition coefficient (Wildman–Crippen LogP) is 3.08. The van der Waals surface area contributed by atoms with E-state index >= 15 is 0 Å². The third kappa shape index (κ3) is 3.92. The van der Waals surface area contributed by atoms with Crippen molar-refractivity contribution in [2.24, 2.45) is 10.7 Å². The molecule has 1 aliphatic rings. The molecular formula is C19H22IN5O. The zero-order valence-electron chi connectivity index (χ0n) is 14.3. The standard InChI is InChI=1S/C19H21N5O.HI/c20-19(23-15-9-12-25-18-8-4-1-5-14(15)18)21-10-11-24-13-22-16-6-2-3-7-17(16)24;/h1-8,13,15H,9-12H2,(H3,20,21,23);1H. The summed E-state index contributed by atoms with van der Waals surface area (Å²) >= 11 is 0. The summed E-state index contributed by atoms with van der Waals surface area (Å²) in [5.41, 5.74) is 9.33. The van der Waals surface area contributed by atoms with Crippen molar-refractivity contribution in [3.8, 4) is 5.75 Å². The van der Waals surface area contributed by atoms with Crippen LogP contribution in [0.5, 0.6) is 5.75 Å². The van der Waals surface area contributed by atoms with Crippen molar-refractivity contribution < 1.29 is 4.74 Å². The van der Waals surface area contributed by atoms with Crippen LogP contribution in [0.1, 0.15) is 18.0 Å². The van der Waals surface area contributed by atoms with Crippen LogP contribution in [-0.2, 0) is 6.54 Å². The van der Waals surface area contributed by atoms with Gasteiger partial charge in [0.2, 0.25) is 0 Å². The molecule has 1 aromatic heterocycles. The number of ether oxygens (including phenoxy) is 1. The summed E-state index contributed by atoms with van der Waals surface area (Å²) < 4.78 is 7.77. The summed E-state index contributed by atoms with van der Waals surface area (Å²) in [6.07, 6.45) is 2.72. The van der Waals surface area contributed by atoms with Crippen LogP contribution in [0.15, 0.2) is 59.9 Å². The molecule has 1 unspecified atom stereocenters. The number of imidazole rings is 1. The van der Waals surface area contributed by atoms with E-state index in [0.29, 0.717) is 19.1 Å². The predicted molar refractivity (Wildman–Crippen MR) is 114 cm³/mol. The molecule has 26 heavy (non-hydrogen) atoms. The van der Waals surface area contributed by atoms with E-state index in [4.69, 9.17) is 10.5 Å². The van der Waals surface area contributed by atoms with E-state index in [9.17, 15) is 0 Å². The summed E-state index contributed by atoms with van der Waals surface area (Å²) in [5.74, 6) is 1.38.